The van der Waals surface area contributed by atoms with E-state index in [1.165, 1.54) is 6.08 Å². The van der Waals surface area contributed by atoms with Crippen LogP contribution in [0.1, 0.15) is 19.4 Å². The molecule has 0 aliphatic heterocycles. The van der Waals surface area contributed by atoms with Gasteiger partial charge in [0.2, 0.25) is 0 Å². The van der Waals surface area contributed by atoms with Gasteiger partial charge in [0.1, 0.15) is 12.6 Å². The number of rotatable bonds is 6. The molecule has 0 fully saturated rings. The summed E-state index contributed by atoms with van der Waals surface area (Å²) >= 11 is 6.13. The quantitative estimate of drug-likeness (QED) is 0.634. The second-order valence-corrected chi connectivity index (χ2v) is 4.32. The van der Waals surface area contributed by atoms with Crippen molar-refractivity contribution in [3.8, 4) is 0 Å². The van der Waals surface area contributed by atoms with Gasteiger partial charge in [-0.25, -0.2) is 4.79 Å². The summed E-state index contributed by atoms with van der Waals surface area (Å²) in [6.45, 7) is 7.50. The van der Waals surface area contributed by atoms with Crippen LogP contribution in [0.15, 0.2) is 30.9 Å². The van der Waals surface area contributed by atoms with Crippen LogP contribution in [-0.2, 0) is 16.0 Å². The van der Waals surface area contributed by atoms with Crippen LogP contribution in [0.3, 0.4) is 0 Å². The van der Waals surface area contributed by atoms with Gasteiger partial charge in [0.05, 0.1) is 10.7 Å². The highest BCUT2D eigenvalue weighted by Gasteiger charge is 2.16. The first-order valence-corrected chi connectivity index (χ1v) is 6.29. The van der Waals surface area contributed by atoms with E-state index in [-0.39, 0.29) is 12.6 Å². The molecule has 0 unspecified atom stereocenters. The van der Waals surface area contributed by atoms with Crippen LogP contribution >= 0.6 is 11.6 Å². The summed E-state index contributed by atoms with van der Waals surface area (Å²) in [5.74, 6) is -0.322. The summed E-state index contributed by atoms with van der Waals surface area (Å²) in [6, 6.07) is 5.23. The number of para-hydroxylation sites is 1. The summed E-state index contributed by atoms with van der Waals surface area (Å²) < 4.78 is 4.98. The van der Waals surface area contributed by atoms with Gasteiger partial charge in [-0.2, -0.15) is 0 Å². The smallest absolute Gasteiger partial charge is 0.328 e. The molecule has 0 aliphatic rings. The summed E-state index contributed by atoms with van der Waals surface area (Å²) in [6.07, 6.45) is 2.38. The van der Waals surface area contributed by atoms with Crippen LogP contribution in [-0.4, -0.2) is 18.6 Å². The number of hydrogen-bond acceptors (Lipinski definition) is 3. The van der Waals surface area contributed by atoms with Crippen molar-refractivity contribution >= 4 is 23.3 Å². The zero-order chi connectivity index (χ0) is 13.5. The number of anilines is 1. The zero-order valence-corrected chi connectivity index (χ0v) is 11.5. The maximum atomic E-state index is 11.6. The fraction of sp³-hybridized carbons (Fsp3) is 0.357. The van der Waals surface area contributed by atoms with Crippen molar-refractivity contribution in [1.82, 2.24) is 0 Å². The minimum Gasteiger partial charge on any atom is -0.460 e. The minimum absolute atomic E-state index is 0.216. The van der Waals surface area contributed by atoms with Crippen molar-refractivity contribution in [3.63, 3.8) is 0 Å². The minimum atomic E-state index is -0.449. The molecule has 18 heavy (non-hydrogen) atoms. The molecule has 1 aromatic carbocycles. The fourth-order valence-electron chi connectivity index (χ4n) is 1.57. The number of ether oxygens (including phenoxy) is 1. The third kappa shape index (κ3) is 3.77. The van der Waals surface area contributed by atoms with E-state index in [0.717, 1.165) is 17.7 Å². The van der Waals surface area contributed by atoms with E-state index in [0.29, 0.717) is 5.02 Å². The largest absolute Gasteiger partial charge is 0.460 e. The first kappa shape index (κ1) is 14.6. The molecular formula is C14H18ClNO2. The summed E-state index contributed by atoms with van der Waals surface area (Å²) in [5.41, 5.74) is 1.87. The van der Waals surface area contributed by atoms with Crippen molar-refractivity contribution in [2.45, 2.75) is 26.3 Å². The molecule has 0 amide bonds. The lowest BCUT2D eigenvalue weighted by molar-refractivity contribution is -0.142. The zero-order valence-electron chi connectivity index (χ0n) is 10.7. The normalized spacial score (nSPS) is 11.7. The number of benzene rings is 1. The van der Waals surface area contributed by atoms with Crippen LogP contribution in [0, 0.1) is 0 Å². The van der Waals surface area contributed by atoms with Gasteiger partial charge in [0.15, 0.2) is 0 Å². The highest BCUT2D eigenvalue weighted by molar-refractivity contribution is 6.33. The molecule has 0 bridgehead atoms. The van der Waals surface area contributed by atoms with Gasteiger partial charge in [-0.3, -0.25) is 0 Å². The van der Waals surface area contributed by atoms with E-state index in [9.17, 15) is 4.79 Å². The predicted molar refractivity (Wildman–Crippen MR) is 75.1 cm³/mol. The maximum Gasteiger partial charge on any atom is 0.328 e. The van der Waals surface area contributed by atoms with Crippen LogP contribution in [0.5, 0.6) is 0 Å². The second-order valence-electron chi connectivity index (χ2n) is 3.91. The van der Waals surface area contributed by atoms with Gasteiger partial charge in [-0.05, 0) is 25.0 Å². The lowest BCUT2D eigenvalue weighted by Gasteiger charge is -2.17. The standard InChI is InChI=1S/C14H18ClNO2/c1-4-9-18-14(17)10(3)16-13-11(5-2)7-6-8-12(13)15/h4,6-8,10,16H,1,5,9H2,2-3H3/t10-/m0/s1. The number of nitrogens with one attached hydrogen (secondary N) is 1. The number of hydrogen-bond donors (Lipinski definition) is 1. The van der Waals surface area contributed by atoms with E-state index in [1.54, 1.807) is 13.0 Å². The molecule has 0 aromatic heterocycles. The third-order valence-corrected chi connectivity index (χ3v) is 2.85. The summed E-state index contributed by atoms with van der Waals surface area (Å²) in [5, 5.41) is 3.71. The molecule has 1 aromatic rings. The molecule has 3 nitrogen and oxygen atoms in total. The Hall–Kier alpha value is -1.48. The van der Waals surface area contributed by atoms with Gasteiger partial charge in [0, 0.05) is 0 Å². The van der Waals surface area contributed by atoms with Crippen molar-refractivity contribution in [1.29, 1.82) is 0 Å². The highest BCUT2D eigenvalue weighted by Crippen LogP contribution is 2.27. The number of esters is 1. The molecule has 0 heterocycles. The number of halogens is 1. The Morgan fingerprint density at radius 2 is 2.33 bits per heavy atom. The Balaban J connectivity index is 2.77. The third-order valence-electron chi connectivity index (χ3n) is 2.54. The molecule has 1 N–H and O–H groups in total. The van der Waals surface area contributed by atoms with E-state index in [4.69, 9.17) is 16.3 Å². The lowest BCUT2D eigenvalue weighted by Crippen LogP contribution is -2.28. The lowest BCUT2D eigenvalue weighted by atomic mass is 10.1. The first-order valence-electron chi connectivity index (χ1n) is 5.91. The van der Waals surface area contributed by atoms with Gasteiger partial charge in [-0.15, -0.1) is 0 Å². The van der Waals surface area contributed by atoms with E-state index < -0.39 is 6.04 Å². The summed E-state index contributed by atoms with van der Waals surface area (Å²) in [7, 11) is 0. The van der Waals surface area contributed by atoms with Gasteiger partial charge < -0.3 is 10.1 Å². The Kier molecular flexibility index (Phi) is 5.72. The molecule has 0 spiro atoms. The van der Waals surface area contributed by atoms with Crippen molar-refractivity contribution in [2.24, 2.45) is 0 Å². The Morgan fingerprint density at radius 1 is 1.61 bits per heavy atom. The molecule has 1 rings (SSSR count). The van der Waals surface area contributed by atoms with Gasteiger partial charge in [0.25, 0.3) is 0 Å². The molecule has 0 radical (unpaired) electrons. The second kappa shape index (κ2) is 7.07. The Labute approximate surface area is 113 Å². The number of carbonyl (C=O) groups is 1. The van der Waals surface area contributed by atoms with Crippen LogP contribution in [0.25, 0.3) is 0 Å². The molecule has 0 saturated heterocycles. The topological polar surface area (TPSA) is 38.3 Å². The van der Waals surface area contributed by atoms with Gasteiger partial charge in [-0.1, -0.05) is 43.3 Å². The molecule has 4 heteroatoms. The van der Waals surface area contributed by atoms with Gasteiger partial charge >= 0.3 is 5.97 Å². The average Bonchev–Trinajstić information content (AvgIpc) is 2.38. The van der Waals surface area contributed by atoms with Crippen LogP contribution in [0.4, 0.5) is 5.69 Å². The predicted octanol–water partition coefficient (Wildman–Crippen LogP) is 3.43. The summed E-state index contributed by atoms with van der Waals surface area (Å²) in [4.78, 5) is 11.6. The molecule has 1 atom stereocenters. The maximum absolute atomic E-state index is 11.6. The first-order chi connectivity index (χ1) is 8.60. The molecule has 98 valence electrons. The average molecular weight is 268 g/mol. The highest BCUT2D eigenvalue weighted by atomic mass is 35.5. The van der Waals surface area contributed by atoms with E-state index >= 15 is 0 Å². The molecule has 0 saturated carbocycles. The Bertz CT molecular complexity index is 432. The SMILES string of the molecule is C=CCOC(=O)[C@H](C)Nc1c(Cl)cccc1CC. The van der Waals surface area contributed by atoms with Crippen molar-refractivity contribution in [2.75, 3.05) is 11.9 Å². The number of aryl methyl sites for hydroxylation is 1. The monoisotopic (exact) mass is 267 g/mol. The van der Waals surface area contributed by atoms with Crippen LogP contribution in [0.2, 0.25) is 5.02 Å². The van der Waals surface area contributed by atoms with Crippen molar-refractivity contribution < 1.29 is 9.53 Å². The molecule has 0 aliphatic carbocycles. The van der Waals surface area contributed by atoms with E-state index in [1.807, 2.05) is 19.1 Å². The molecular weight excluding hydrogens is 250 g/mol. The number of carbonyl (C=O) groups excluding carboxylic acids is 1. The van der Waals surface area contributed by atoms with Crippen LogP contribution < -0.4 is 5.32 Å². The van der Waals surface area contributed by atoms with Crippen molar-refractivity contribution in [3.05, 3.63) is 41.4 Å². The van der Waals surface area contributed by atoms with E-state index in [2.05, 4.69) is 11.9 Å². The fourth-order valence-corrected chi connectivity index (χ4v) is 1.82. The Morgan fingerprint density at radius 3 is 2.94 bits per heavy atom.